The van der Waals surface area contributed by atoms with E-state index < -0.39 is 65.0 Å². The van der Waals surface area contributed by atoms with Crippen molar-refractivity contribution in [2.24, 2.45) is 0 Å². The Kier molecular flexibility index (Phi) is 18.8. The van der Waals surface area contributed by atoms with Crippen molar-refractivity contribution in [1.29, 1.82) is 0 Å². The van der Waals surface area contributed by atoms with Crippen LogP contribution in [0.5, 0.6) is 0 Å². The van der Waals surface area contributed by atoms with Crippen molar-refractivity contribution in [3.63, 3.8) is 0 Å². The number of nitrogens with one attached hydrogen (secondary N) is 2. The van der Waals surface area contributed by atoms with Crippen molar-refractivity contribution in [3.8, 4) is 0 Å². The number of amides is 3. The number of alkyl halides is 9. The Labute approximate surface area is 552 Å². The number of ketones is 1. The topological polar surface area (TPSA) is 102 Å². The van der Waals surface area contributed by atoms with E-state index in [9.17, 15) is 58.7 Å². The van der Waals surface area contributed by atoms with Gasteiger partial charge in [-0.3, -0.25) is 33.9 Å². The Balaban J connectivity index is 0.000000141. The molecule has 0 radical (unpaired) electrons. The van der Waals surface area contributed by atoms with Gasteiger partial charge in [0.2, 0.25) is 5.78 Å². The molecule has 13 rings (SSSR count). The third kappa shape index (κ3) is 14.0. The van der Waals surface area contributed by atoms with Crippen LogP contribution in [0.2, 0.25) is 0 Å². The first-order valence-corrected chi connectivity index (χ1v) is 31.6. The summed E-state index contributed by atoms with van der Waals surface area (Å²) in [5.74, 6) is -1.73. The van der Waals surface area contributed by atoms with E-state index in [2.05, 4.69) is 103 Å². The average Bonchev–Trinajstić information content (AvgIpc) is 1.67. The number of carbonyl (C=O) groups is 4. The summed E-state index contributed by atoms with van der Waals surface area (Å²) in [5, 5.41) is 6.84. The minimum absolute atomic E-state index is 0.0138. The molecule has 0 spiro atoms. The number of fused-ring (bicyclic) bond motifs is 2. The van der Waals surface area contributed by atoms with Crippen molar-refractivity contribution in [2.75, 3.05) is 14.7 Å². The number of hydrogen-bond acceptors (Lipinski definition) is 6. The fraction of sp³-hybridized carbons (Fsp3) is 0.188. The predicted molar refractivity (Wildman–Crippen MR) is 350 cm³/mol. The maximum absolute atomic E-state index is 13.5. The van der Waals surface area contributed by atoms with E-state index >= 15 is 0 Å². The third-order valence-electron chi connectivity index (χ3n) is 16.2. The first-order valence-electron chi connectivity index (χ1n) is 28.3. The van der Waals surface area contributed by atoms with Gasteiger partial charge in [-0.25, -0.2) is 0 Å². The minimum Gasteiger partial charge on any atom is -0.374 e. The van der Waals surface area contributed by atoms with E-state index in [0.29, 0.717) is 22.8 Å². The molecule has 460 valence electrons. The van der Waals surface area contributed by atoms with Crippen molar-refractivity contribution in [1.82, 2.24) is 10.6 Å². The second kappa shape index (κ2) is 26.4. The molecular weight excluding hydrogens is 1510 g/mol. The van der Waals surface area contributed by atoms with Crippen LogP contribution in [0.4, 0.5) is 56.6 Å². The van der Waals surface area contributed by atoms with Gasteiger partial charge in [0.25, 0.3) is 17.7 Å². The van der Waals surface area contributed by atoms with Gasteiger partial charge in [0, 0.05) is 34.2 Å². The molecule has 8 aromatic rings. The van der Waals surface area contributed by atoms with Crippen LogP contribution in [-0.4, -0.2) is 23.5 Å². The Morgan fingerprint density at radius 3 is 1.10 bits per heavy atom. The lowest BCUT2D eigenvalue weighted by atomic mass is 10.0. The molecule has 3 heterocycles. The van der Waals surface area contributed by atoms with Gasteiger partial charge in [0.05, 0.1) is 58.3 Å². The van der Waals surface area contributed by atoms with E-state index in [1.165, 1.54) is 63.6 Å². The third-order valence-corrected chi connectivity index (χ3v) is 18.2. The SMILES string of the molecule is O=C1C(N[C@@H]2CCc3ccccc32)=C[C@@H](c2cccc(I)c2)N1c1ccc(C(F)(F)F)cc1.O=C1C(N[C@@H]2CCc3ccccc32)=C[C@H](c2cccc(I)c2)N1c1ccc(C(F)(F)F)cc1.O=C1CC(c2cccc(I)c2)N(c2ccc(C(F)(F)F)cc2)C1=O. The van der Waals surface area contributed by atoms with Crippen molar-refractivity contribution < 1.29 is 58.7 Å². The van der Waals surface area contributed by atoms with Gasteiger partial charge in [-0.15, -0.1) is 0 Å². The van der Waals surface area contributed by atoms with Crippen LogP contribution in [-0.2, 0) is 50.5 Å². The van der Waals surface area contributed by atoms with Gasteiger partial charge >= 0.3 is 18.5 Å². The molecule has 5 aliphatic rings. The number of carbonyl (C=O) groups excluding carboxylic acids is 4. The zero-order chi connectivity index (χ0) is 63.8. The van der Waals surface area contributed by atoms with Crippen LogP contribution < -0.4 is 25.3 Å². The van der Waals surface area contributed by atoms with E-state index in [-0.39, 0.29) is 36.0 Å². The molecule has 3 amide bonds. The number of rotatable bonds is 10. The first kappa shape index (κ1) is 64.0. The highest BCUT2D eigenvalue weighted by atomic mass is 127. The van der Waals surface area contributed by atoms with E-state index in [4.69, 9.17) is 0 Å². The summed E-state index contributed by atoms with van der Waals surface area (Å²) in [4.78, 5) is 55.5. The summed E-state index contributed by atoms with van der Waals surface area (Å²) >= 11 is 6.55. The molecule has 3 aliphatic heterocycles. The summed E-state index contributed by atoms with van der Waals surface area (Å²) < 4.78 is 119. The van der Waals surface area contributed by atoms with Crippen molar-refractivity contribution in [2.45, 2.75) is 80.8 Å². The number of hydrogen-bond donors (Lipinski definition) is 2. The second-order valence-electron chi connectivity index (χ2n) is 21.9. The summed E-state index contributed by atoms with van der Waals surface area (Å²) in [7, 11) is 0. The zero-order valence-electron chi connectivity index (χ0n) is 47.1. The maximum atomic E-state index is 13.5. The number of aryl methyl sites for hydroxylation is 2. The monoisotopic (exact) mass is 1570 g/mol. The Morgan fingerprint density at radius 1 is 0.389 bits per heavy atom. The highest BCUT2D eigenvalue weighted by Gasteiger charge is 2.43. The van der Waals surface area contributed by atoms with Crippen molar-refractivity contribution >= 4 is 108 Å². The largest absolute Gasteiger partial charge is 0.416 e. The zero-order valence-corrected chi connectivity index (χ0v) is 53.5. The predicted octanol–water partition coefficient (Wildman–Crippen LogP) is 17.5. The van der Waals surface area contributed by atoms with E-state index in [1.54, 1.807) is 15.9 Å². The quantitative estimate of drug-likeness (QED) is 0.0804. The van der Waals surface area contributed by atoms with Crippen LogP contribution in [0.1, 0.15) is 105 Å². The molecule has 1 saturated heterocycles. The van der Waals surface area contributed by atoms with Gasteiger partial charge in [-0.2, -0.15) is 39.5 Å². The summed E-state index contributed by atoms with van der Waals surface area (Å²) in [6.07, 6.45) is -5.86. The van der Waals surface area contributed by atoms with Gasteiger partial charge in [0.1, 0.15) is 0 Å². The highest BCUT2D eigenvalue weighted by molar-refractivity contribution is 14.1. The van der Waals surface area contributed by atoms with Crippen LogP contribution in [0.25, 0.3) is 0 Å². The fourth-order valence-electron chi connectivity index (χ4n) is 11.9. The van der Waals surface area contributed by atoms with Crippen molar-refractivity contribution in [3.05, 3.63) is 284 Å². The summed E-state index contributed by atoms with van der Waals surface area (Å²) in [5.41, 5.74) is 7.31. The molecule has 0 aromatic heterocycles. The molecule has 1 unspecified atom stereocenters. The molecule has 5 atom stereocenters. The lowest BCUT2D eigenvalue weighted by Crippen LogP contribution is -2.33. The smallest absolute Gasteiger partial charge is 0.374 e. The lowest BCUT2D eigenvalue weighted by Gasteiger charge is -2.26. The molecule has 9 nitrogen and oxygen atoms in total. The lowest BCUT2D eigenvalue weighted by molar-refractivity contribution is -0.138. The minimum atomic E-state index is -4.45. The summed E-state index contributed by atoms with van der Waals surface area (Å²) in [6, 6.07) is 51.8. The number of halogens is 12. The molecule has 0 saturated carbocycles. The molecule has 21 heteroatoms. The molecule has 90 heavy (non-hydrogen) atoms. The Morgan fingerprint density at radius 2 is 0.733 bits per heavy atom. The van der Waals surface area contributed by atoms with Gasteiger partial charge in [0.15, 0.2) is 0 Å². The molecule has 1 fully saturated rings. The molecule has 8 aromatic carbocycles. The first-order chi connectivity index (χ1) is 42.9. The molecular formula is C69H51F9I3N5O4. The normalized spacial score (nSPS) is 19.6. The average molecular weight is 1570 g/mol. The highest BCUT2D eigenvalue weighted by Crippen LogP contribution is 2.43. The number of benzene rings is 8. The standard InChI is InChI=1S/2C26H20F3IN2O.C17H11F3INO2/c2*27-26(28,29)18-9-11-20(12-10-18)32-24(17-5-3-6-19(30)14-17)15-23(25(32)33)31-22-13-8-16-4-1-2-7-21(16)22;18-17(19,20)11-4-6-13(7-5-11)22-14(9-15(23)16(22)24)10-2-1-3-12(21)8-10/h2*1-7,9-12,14-15,22,24,31H,8,13H2;1-8,14H,9H2/t22-,24+;22-,24-;/m11./s1. The molecule has 2 N–H and O–H groups in total. The maximum Gasteiger partial charge on any atom is 0.416 e. The van der Waals surface area contributed by atoms with Crippen LogP contribution in [0.15, 0.2) is 218 Å². The van der Waals surface area contributed by atoms with Crippen LogP contribution in [0.3, 0.4) is 0 Å². The molecule has 2 aliphatic carbocycles. The number of Topliss-reactive ketones (excluding diaryl/α,β-unsaturated/α-hetero) is 1. The molecule has 0 bridgehead atoms. The second-order valence-corrected chi connectivity index (χ2v) is 25.6. The fourth-order valence-corrected chi connectivity index (χ4v) is 13.6. The van der Waals surface area contributed by atoms with Gasteiger partial charge in [-0.05, 0) is 254 Å². The van der Waals surface area contributed by atoms with E-state index in [0.717, 1.165) is 89.5 Å². The van der Waals surface area contributed by atoms with Crippen LogP contribution in [0, 0.1) is 10.7 Å². The Hall–Kier alpha value is -7.52. The van der Waals surface area contributed by atoms with Gasteiger partial charge < -0.3 is 10.6 Å². The van der Waals surface area contributed by atoms with Crippen LogP contribution >= 0.6 is 67.8 Å². The van der Waals surface area contributed by atoms with E-state index in [1.807, 2.05) is 103 Å². The Bertz CT molecular complexity index is 3910. The summed E-state index contributed by atoms with van der Waals surface area (Å²) in [6.45, 7) is 0. The van der Waals surface area contributed by atoms with Gasteiger partial charge in [-0.1, -0.05) is 84.9 Å². The number of nitrogens with zero attached hydrogens (tertiary/aromatic N) is 3. The number of anilines is 3.